The quantitative estimate of drug-likeness (QED) is 0.767. The minimum Gasteiger partial charge on any atom is -0.392 e. The average Bonchev–Trinajstić information content (AvgIpc) is 2.69. The van der Waals surface area contributed by atoms with Gasteiger partial charge in [-0.2, -0.15) is 0 Å². The number of hydrogen-bond donors (Lipinski definition) is 2. The molecule has 2 unspecified atom stereocenters. The van der Waals surface area contributed by atoms with E-state index in [1.807, 2.05) is 0 Å². The van der Waals surface area contributed by atoms with E-state index in [-0.39, 0.29) is 6.10 Å². The van der Waals surface area contributed by atoms with Crippen LogP contribution in [0.15, 0.2) is 0 Å². The number of rotatable bonds is 6. The summed E-state index contributed by atoms with van der Waals surface area (Å²) in [6.45, 7) is 4.20. The van der Waals surface area contributed by atoms with Crippen LogP contribution < -0.4 is 5.32 Å². The van der Waals surface area contributed by atoms with Gasteiger partial charge in [0, 0.05) is 32.2 Å². The standard InChI is InChI=1S/C16H33N3O/c1-17-12-16(7-5-4-6-8-16)13-19-11-15(20)9-14(19)10-18(2)3/h14-15,17,20H,4-13H2,1-3H3. The van der Waals surface area contributed by atoms with Crippen LogP contribution in [0.4, 0.5) is 0 Å². The number of aliphatic hydroxyl groups is 1. The van der Waals surface area contributed by atoms with E-state index in [0.717, 1.165) is 32.6 Å². The lowest BCUT2D eigenvalue weighted by Gasteiger charge is -2.42. The van der Waals surface area contributed by atoms with E-state index in [9.17, 15) is 5.11 Å². The van der Waals surface area contributed by atoms with Crippen LogP contribution in [-0.4, -0.2) is 74.4 Å². The summed E-state index contributed by atoms with van der Waals surface area (Å²) >= 11 is 0. The molecule has 2 fully saturated rings. The van der Waals surface area contributed by atoms with Gasteiger partial charge in [0.25, 0.3) is 0 Å². The zero-order valence-corrected chi connectivity index (χ0v) is 13.6. The minimum atomic E-state index is -0.129. The lowest BCUT2D eigenvalue weighted by molar-refractivity contribution is 0.0825. The molecule has 2 aliphatic rings. The van der Waals surface area contributed by atoms with Crippen molar-refractivity contribution in [1.82, 2.24) is 15.1 Å². The summed E-state index contributed by atoms with van der Waals surface area (Å²) in [7, 11) is 6.34. The van der Waals surface area contributed by atoms with E-state index >= 15 is 0 Å². The third-order valence-corrected chi connectivity index (χ3v) is 5.09. The molecule has 1 saturated carbocycles. The van der Waals surface area contributed by atoms with Crippen molar-refractivity contribution in [3.63, 3.8) is 0 Å². The summed E-state index contributed by atoms with van der Waals surface area (Å²) < 4.78 is 0. The van der Waals surface area contributed by atoms with Crippen molar-refractivity contribution in [3.8, 4) is 0 Å². The molecule has 0 aromatic rings. The van der Waals surface area contributed by atoms with E-state index in [2.05, 4.69) is 36.3 Å². The molecular formula is C16H33N3O. The van der Waals surface area contributed by atoms with Crippen LogP contribution in [-0.2, 0) is 0 Å². The number of aliphatic hydroxyl groups excluding tert-OH is 1. The molecule has 20 heavy (non-hydrogen) atoms. The Kier molecular flexibility index (Phi) is 5.84. The monoisotopic (exact) mass is 283 g/mol. The van der Waals surface area contributed by atoms with Crippen LogP contribution in [0.1, 0.15) is 38.5 Å². The second-order valence-corrected chi connectivity index (χ2v) is 7.33. The molecule has 1 aliphatic carbocycles. The second-order valence-electron chi connectivity index (χ2n) is 7.33. The summed E-state index contributed by atoms with van der Waals surface area (Å²) in [5, 5.41) is 13.5. The lowest BCUT2D eigenvalue weighted by atomic mass is 9.73. The first kappa shape index (κ1) is 16.2. The molecule has 1 aliphatic heterocycles. The van der Waals surface area contributed by atoms with E-state index in [4.69, 9.17) is 0 Å². The van der Waals surface area contributed by atoms with E-state index in [1.54, 1.807) is 0 Å². The highest BCUT2D eigenvalue weighted by atomic mass is 16.3. The molecule has 0 bridgehead atoms. The number of nitrogens with one attached hydrogen (secondary N) is 1. The number of likely N-dealkylation sites (N-methyl/N-ethyl adjacent to an activating group) is 1. The van der Waals surface area contributed by atoms with E-state index in [0.29, 0.717) is 11.5 Å². The molecule has 2 N–H and O–H groups in total. The van der Waals surface area contributed by atoms with E-state index in [1.165, 1.54) is 32.1 Å². The maximum atomic E-state index is 10.1. The maximum Gasteiger partial charge on any atom is 0.0682 e. The van der Waals surface area contributed by atoms with Crippen LogP contribution in [0.3, 0.4) is 0 Å². The third-order valence-electron chi connectivity index (χ3n) is 5.09. The Morgan fingerprint density at radius 3 is 2.55 bits per heavy atom. The topological polar surface area (TPSA) is 38.7 Å². The van der Waals surface area contributed by atoms with Gasteiger partial charge >= 0.3 is 0 Å². The molecule has 1 saturated heterocycles. The number of nitrogens with zero attached hydrogens (tertiary/aromatic N) is 2. The van der Waals surface area contributed by atoms with E-state index < -0.39 is 0 Å². The third kappa shape index (κ3) is 4.17. The van der Waals surface area contributed by atoms with Gasteiger partial charge in [-0.1, -0.05) is 19.3 Å². The summed E-state index contributed by atoms with van der Waals surface area (Å²) in [5.41, 5.74) is 0.432. The van der Waals surface area contributed by atoms with Gasteiger partial charge in [0.1, 0.15) is 0 Å². The second kappa shape index (κ2) is 7.21. The Balaban J connectivity index is 2.00. The maximum absolute atomic E-state index is 10.1. The normalized spacial score (nSPS) is 31.1. The van der Waals surface area contributed by atoms with Gasteiger partial charge in [0.2, 0.25) is 0 Å². The molecule has 0 spiro atoms. The van der Waals surface area contributed by atoms with Crippen LogP contribution in [0.25, 0.3) is 0 Å². The van der Waals surface area contributed by atoms with Crippen molar-refractivity contribution in [2.24, 2.45) is 5.41 Å². The summed E-state index contributed by atoms with van der Waals surface area (Å²) in [5.74, 6) is 0. The molecule has 4 heteroatoms. The Morgan fingerprint density at radius 2 is 1.95 bits per heavy atom. The predicted octanol–water partition coefficient (Wildman–Crippen LogP) is 1.15. The molecule has 0 radical (unpaired) electrons. The highest BCUT2D eigenvalue weighted by molar-refractivity contribution is 4.94. The summed E-state index contributed by atoms with van der Waals surface area (Å²) in [6, 6.07) is 0.524. The number of likely N-dealkylation sites (tertiary alicyclic amines) is 1. The van der Waals surface area contributed by atoms with Gasteiger partial charge < -0.3 is 15.3 Å². The molecular weight excluding hydrogens is 250 g/mol. The minimum absolute atomic E-state index is 0.129. The number of β-amino-alcohol motifs (C(OH)–C–C–N with tert-alkyl or cyclic N) is 1. The van der Waals surface area contributed by atoms with Gasteiger partial charge in [0.15, 0.2) is 0 Å². The first-order valence-corrected chi connectivity index (χ1v) is 8.26. The summed E-state index contributed by atoms with van der Waals surface area (Å²) in [6.07, 6.45) is 7.63. The van der Waals surface area contributed by atoms with Gasteiger partial charge in [-0.15, -0.1) is 0 Å². The highest BCUT2D eigenvalue weighted by Gasteiger charge is 2.39. The van der Waals surface area contributed by atoms with Crippen molar-refractivity contribution >= 4 is 0 Å². The Labute approximate surface area is 124 Å². The van der Waals surface area contributed by atoms with Crippen LogP contribution >= 0.6 is 0 Å². The molecule has 2 rings (SSSR count). The molecule has 2 atom stereocenters. The average molecular weight is 283 g/mol. The SMILES string of the molecule is CNCC1(CN2CC(O)CC2CN(C)C)CCCCC1. The number of hydrogen-bond acceptors (Lipinski definition) is 4. The molecule has 0 aromatic carbocycles. The Bertz CT molecular complexity index is 284. The smallest absolute Gasteiger partial charge is 0.0682 e. The van der Waals surface area contributed by atoms with Crippen LogP contribution in [0.2, 0.25) is 0 Å². The molecule has 0 aromatic heterocycles. The zero-order chi connectivity index (χ0) is 14.6. The van der Waals surface area contributed by atoms with Crippen molar-refractivity contribution < 1.29 is 5.11 Å². The van der Waals surface area contributed by atoms with Crippen LogP contribution in [0.5, 0.6) is 0 Å². The molecule has 0 amide bonds. The van der Waals surface area contributed by atoms with Crippen molar-refractivity contribution in [2.45, 2.75) is 50.7 Å². The van der Waals surface area contributed by atoms with Crippen molar-refractivity contribution in [2.75, 3.05) is 47.3 Å². The van der Waals surface area contributed by atoms with Crippen molar-refractivity contribution in [1.29, 1.82) is 0 Å². The molecule has 118 valence electrons. The molecule has 4 nitrogen and oxygen atoms in total. The van der Waals surface area contributed by atoms with Gasteiger partial charge in [-0.25, -0.2) is 0 Å². The largest absolute Gasteiger partial charge is 0.392 e. The molecule has 1 heterocycles. The lowest BCUT2D eigenvalue weighted by Crippen LogP contribution is -2.48. The first-order valence-electron chi connectivity index (χ1n) is 8.26. The van der Waals surface area contributed by atoms with Gasteiger partial charge in [-0.3, -0.25) is 4.90 Å². The Hall–Kier alpha value is -0.160. The van der Waals surface area contributed by atoms with Gasteiger partial charge in [0.05, 0.1) is 6.10 Å². The fraction of sp³-hybridized carbons (Fsp3) is 1.00. The first-order chi connectivity index (χ1) is 9.54. The fourth-order valence-corrected chi connectivity index (χ4v) is 4.26. The van der Waals surface area contributed by atoms with Gasteiger partial charge in [-0.05, 0) is 45.8 Å². The van der Waals surface area contributed by atoms with Crippen molar-refractivity contribution in [3.05, 3.63) is 0 Å². The predicted molar refractivity (Wildman–Crippen MR) is 84.0 cm³/mol. The highest BCUT2D eigenvalue weighted by Crippen LogP contribution is 2.38. The fourth-order valence-electron chi connectivity index (χ4n) is 4.26. The summed E-state index contributed by atoms with van der Waals surface area (Å²) in [4.78, 5) is 4.81. The zero-order valence-electron chi connectivity index (χ0n) is 13.6. The Morgan fingerprint density at radius 1 is 1.25 bits per heavy atom. The van der Waals surface area contributed by atoms with Crippen LogP contribution in [0, 0.1) is 5.41 Å².